The Kier molecular flexibility index (Phi) is 6.61. The number of thiazole rings is 1. The van der Waals surface area contributed by atoms with Gasteiger partial charge in [0, 0.05) is 5.69 Å². The molecule has 0 fully saturated rings. The minimum absolute atomic E-state index is 0.0451. The van der Waals surface area contributed by atoms with Gasteiger partial charge in [0.25, 0.3) is 5.91 Å². The Morgan fingerprint density at radius 3 is 2.45 bits per heavy atom. The summed E-state index contributed by atoms with van der Waals surface area (Å²) in [6, 6.07) is 15.4. The van der Waals surface area contributed by atoms with Crippen LogP contribution in [-0.2, 0) is 31.1 Å². The molecule has 0 saturated heterocycles. The van der Waals surface area contributed by atoms with Gasteiger partial charge in [-0.15, -0.1) is 11.3 Å². The fourth-order valence-electron chi connectivity index (χ4n) is 2.64. The van der Waals surface area contributed by atoms with Gasteiger partial charge in [0.15, 0.2) is 6.61 Å². The molecule has 1 aromatic heterocycles. The van der Waals surface area contributed by atoms with E-state index < -0.39 is 11.9 Å². The Balaban J connectivity index is 1.38. The summed E-state index contributed by atoms with van der Waals surface area (Å²) in [5.41, 5.74) is 2.79. The maximum Gasteiger partial charge on any atom is 0.332 e. The predicted molar refractivity (Wildman–Crippen MR) is 114 cm³/mol. The third kappa shape index (κ3) is 6.10. The van der Waals surface area contributed by atoms with Crippen molar-refractivity contribution in [3.05, 3.63) is 59.1 Å². The molecule has 0 aliphatic rings. The van der Waals surface area contributed by atoms with Crippen molar-refractivity contribution >= 4 is 39.1 Å². The fraction of sp³-hybridized carbons (Fsp3) is 0.318. The second-order valence-corrected chi connectivity index (χ2v) is 8.72. The van der Waals surface area contributed by atoms with E-state index in [2.05, 4.69) is 31.1 Å². The molecule has 29 heavy (non-hydrogen) atoms. The van der Waals surface area contributed by atoms with Crippen LogP contribution >= 0.6 is 11.3 Å². The number of hydrogen-bond donors (Lipinski definition) is 1. The normalized spacial score (nSPS) is 11.4. The highest BCUT2D eigenvalue weighted by molar-refractivity contribution is 7.18. The van der Waals surface area contributed by atoms with E-state index in [1.54, 1.807) is 0 Å². The number of ether oxygens (including phenoxy) is 2. The molecule has 0 aliphatic carbocycles. The van der Waals surface area contributed by atoms with E-state index in [0.717, 1.165) is 15.2 Å². The van der Waals surface area contributed by atoms with Gasteiger partial charge in [-0.1, -0.05) is 45.0 Å². The van der Waals surface area contributed by atoms with Gasteiger partial charge in [0.1, 0.15) is 11.6 Å². The first-order chi connectivity index (χ1) is 13.8. The summed E-state index contributed by atoms with van der Waals surface area (Å²) in [7, 11) is 0. The Morgan fingerprint density at radius 1 is 1.03 bits per heavy atom. The minimum atomic E-state index is -0.593. The number of esters is 1. The molecule has 0 atom stereocenters. The van der Waals surface area contributed by atoms with Gasteiger partial charge in [-0.25, -0.2) is 9.78 Å². The van der Waals surface area contributed by atoms with Crippen LogP contribution in [0.3, 0.4) is 0 Å². The molecule has 0 unspecified atom stereocenters. The van der Waals surface area contributed by atoms with Crippen LogP contribution in [-0.4, -0.2) is 30.1 Å². The number of nitrogens with zero attached hydrogens (tertiary/aromatic N) is 1. The molecule has 0 aliphatic heterocycles. The molecule has 0 spiro atoms. The highest BCUT2D eigenvalue weighted by Gasteiger charge is 2.14. The molecule has 152 valence electrons. The van der Waals surface area contributed by atoms with E-state index in [4.69, 9.17) is 9.47 Å². The zero-order chi connectivity index (χ0) is 20.9. The summed E-state index contributed by atoms with van der Waals surface area (Å²) in [6.07, 6.45) is 0. The molecular formula is C22H24N2O4S. The van der Waals surface area contributed by atoms with Crippen molar-refractivity contribution in [2.24, 2.45) is 0 Å². The summed E-state index contributed by atoms with van der Waals surface area (Å²) < 4.78 is 11.4. The molecule has 1 N–H and O–H groups in total. The van der Waals surface area contributed by atoms with E-state index in [1.165, 1.54) is 16.9 Å². The van der Waals surface area contributed by atoms with Crippen LogP contribution in [0, 0.1) is 0 Å². The number of carbonyl (C=O) groups is 2. The second kappa shape index (κ2) is 9.15. The topological polar surface area (TPSA) is 77.5 Å². The number of aromatic nitrogens is 1. The number of anilines is 1. The van der Waals surface area contributed by atoms with Crippen molar-refractivity contribution in [2.75, 3.05) is 18.5 Å². The average molecular weight is 413 g/mol. The van der Waals surface area contributed by atoms with Gasteiger partial charge in [0.05, 0.1) is 16.8 Å². The molecule has 0 saturated carbocycles. The van der Waals surface area contributed by atoms with Crippen LogP contribution < -0.4 is 5.32 Å². The number of fused-ring (bicyclic) bond motifs is 1. The number of benzene rings is 2. The van der Waals surface area contributed by atoms with Crippen LogP contribution in [0.5, 0.6) is 0 Å². The van der Waals surface area contributed by atoms with Gasteiger partial charge in [0.2, 0.25) is 0 Å². The molecule has 7 heteroatoms. The molecule has 3 rings (SSSR count). The zero-order valence-corrected chi connectivity index (χ0v) is 17.5. The first-order valence-electron chi connectivity index (χ1n) is 9.29. The Bertz CT molecular complexity index is 957. The maximum absolute atomic E-state index is 12.0. The number of para-hydroxylation sites is 1. The molecule has 2 aromatic carbocycles. The quantitative estimate of drug-likeness (QED) is 0.586. The monoisotopic (exact) mass is 412 g/mol. The SMILES string of the molecule is CC(C)(C)c1ccc(NC(=O)COC(=O)COCc2nc3ccccc3s2)cc1. The van der Waals surface area contributed by atoms with Crippen LogP contribution in [0.2, 0.25) is 0 Å². The van der Waals surface area contributed by atoms with Crippen molar-refractivity contribution < 1.29 is 19.1 Å². The van der Waals surface area contributed by atoms with Crippen molar-refractivity contribution in [2.45, 2.75) is 32.8 Å². The van der Waals surface area contributed by atoms with Crippen LogP contribution in [0.15, 0.2) is 48.5 Å². The second-order valence-electron chi connectivity index (χ2n) is 7.60. The molecule has 0 bridgehead atoms. The molecule has 1 heterocycles. The average Bonchev–Trinajstić information content (AvgIpc) is 3.09. The van der Waals surface area contributed by atoms with Crippen molar-refractivity contribution in [1.29, 1.82) is 0 Å². The van der Waals surface area contributed by atoms with E-state index in [-0.39, 0.29) is 25.2 Å². The molecular weight excluding hydrogens is 388 g/mol. The standard InChI is InChI=1S/C22H24N2O4S/c1-22(2,3)15-8-10-16(11-9-15)23-19(25)12-28-21(26)14-27-13-20-24-17-6-4-5-7-18(17)29-20/h4-11H,12-14H2,1-3H3,(H,23,25). The van der Waals surface area contributed by atoms with Crippen LogP contribution in [0.4, 0.5) is 5.69 Å². The lowest BCUT2D eigenvalue weighted by Crippen LogP contribution is -2.23. The van der Waals surface area contributed by atoms with Crippen molar-refractivity contribution in [3.8, 4) is 0 Å². The van der Waals surface area contributed by atoms with Gasteiger partial charge in [-0.2, -0.15) is 0 Å². The highest BCUT2D eigenvalue weighted by atomic mass is 32.1. The molecule has 1 amide bonds. The zero-order valence-electron chi connectivity index (χ0n) is 16.7. The van der Waals surface area contributed by atoms with Gasteiger partial charge in [-0.3, -0.25) is 4.79 Å². The Labute approximate surface area is 173 Å². The van der Waals surface area contributed by atoms with Crippen molar-refractivity contribution in [3.63, 3.8) is 0 Å². The first kappa shape index (κ1) is 21.0. The molecule has 3 aromatic rings. The summed E-state index contributed by atoms with van der Waals surface area (Å²) in [6.45, 7) is 6.01. The summed E-state index contributed by atoms with van der Waals surface area (Å²) in [5.74, 6) is -0.989. The largest absolute Gasteiger partial charge is 0.454 e. The lowest BCUT2D eigenvalue weighted by molar-refractivity contribution is -0.152. The van der Waals surface area contributed by atoms with Gasteiger partial charge in [-0.05, 0) is 35.2 Å². The van der Waals surface area contributed by atoms with Crippen LogP contribution in [0.1, 0.15) is 31.3 Å². The summed E-state index contributed by atoms with van der Waals surface area (Å²) >= 11 is 1.52. The Hall–Kier alpha value is -2.77. The number of rotatable bonds is 7. The third-order valence-electron chi connectivity index (χ3n) is 4.18. The van der Waals surface area contributed by atoms with Gasteiger partial charge >= 0.3 is 5.97 Å². The van der Waals surface area contributed by atoms with Crippen LogP contribution in [0.25, 0.3) is 10.2 Å². The van der Waals surface area contributed by atoms with E-state index in [0.29, 0.717) is 5.69 Å². The maximum atomic E-state index is 12.0. The molecule has 6 nitrogen and oxygen atoms in total. The number of carbonyl (C=O) groups excluding carboxylic acids is 2. The van der Waals surface area contributed by atoms with E-state index in [1.807, 2.05) is 48.5 Å². The van der Waals surface area contributed by atoms with Gasteiger partial charge < -0.3 is 14.8 Å². The lowest BCUT2D eigenvalue weighted by atomic mass is 9.87. The van der Waals surface area contributed by atoms with E-state index in [9.17, 15) is 9.59 Å². The smallest absolute Gasteiger partial charge is 0.332 e. The minimum Gasteiger partial charge on any atom is -0.454 e. The van der Waals surface area contributed by atoms with E-state index >= 15 is 0 Å². The number of amides is 1. The number of hydrogen-bond acceptors (Lipinski definition) is 6. The number of nitrogens with one attached hydrogen (secondary N) is 1. The lowest BCUT2D eigenvalue weighted by Gasteiger charge is -2.19. The summed E-state index contributed by atoms with van der Waals surface area (Å²) in [5, 5.41) is 3.49. The third-order valence-corrected chi connectivity index (χ3v) is 5.19. The predicted octanol–water partition coefficient (Wildman–Crippen LogP) is 4.29. The Morgan fingerprint density at radius 2 is 1.76 bits per heavy atom. The fourth-order valence-corrected chi connectivity index (χ4v) is 3.55. The van der Waals surface area contributed by atoms with Crippen molar-refractivity contribution in [1.82, 2.24) is 4.98 Å². The first-order valence-corrected chi connectivity index (χ1v) is 10.1. The molecule has 0 radical (unpaired) electrons. The highest BCUT2D eigenvalue weighted by Crippen LogP contribution is 2.23. The summed E-state index contributed by atoms with van der Waals surface area (Å²) in [4.78, 5) is 28.2.